The van der Waals surface area contributed by atoms with Crippen LogP contribution in [0.2, 0.25) is 5.02 Å². The molecule has 0 saturated carbocycles. The van der Waals surface area contributed by atoms with Gasteiger partial charge in [-0.25, -0.2) is 13.5 Å². The summed E-state index contributed by atoms with van der Waals surface area (Å²) in [6.07, 6.45) is 2.19. The first-order valence-electron chi connectivity index (χ1n) is 10.1. The highest BCUT2D eigenvalue weighted by atomic mass is 35.5. The maximum atomic E-state index is 13.4. The fourth-order valence-electron chi connectivity index (χ4n) is 4.10. The van der Waals surface area contributed by atoms with Crippen molar-refractivity contribution in [1.82, 2.24) is 19.6 Å². The van der Waals surface area contributed by atoms with Crippen LogP contribution < -0.4 is 4.90 Å². The molecular formula is C22H24ClF2N5O. The van der Waals surface area contributed by atoms with Crippen LogP contribution in [0.4, 0.5) is 14.5 Å². The second-order valence-electron chi connectivity index (χ2n) is 8.74. The molecule has 0 N–H and O–H groups in total. The first kappa shape index (κ1) is 21.5. The Labute approximate surface area is 184 Å². The third-order valence-corrected chi connectivity index (χ3v) is 6.06. The Kier molecular flexibility index (Phi) is 5.37. The second-order valence-corrected chi connectivity index (χ2v) is 9.11. The maximum absolute atomic E-state index is 13.4. The Balaban J connectivity index is 1.74. The molecule has 164 valence electrons. The normalized spacial score (nSPS) is 17.1. The highest BCUT2D eigenvalue weighted by molar-refractivity contribution is 6.31. The van der Waals surface area contributed by atoms with E-state index < -0.39 is 12.7 Å². The zero-order valence-corrected chi connectivity index (χ0v) is 18.6. The Morgan fingerprint density at radius 2 is 1.90 bits per heavy atom. The van der Waals surface area contributed by atoms with Gasteiger partial charge in [-0.2, -0.15) is 10.2 Å². The van der Waals surface area contributed by atoms with Gasteiger partial charge in [0.2, 0.25) is 0 Å². The van der Waals surface area contributed by atoms with E-state index in [0.29, 0.717) is 30.0 Å². The molecule has 31 heavy (non-hydrogen) atoms. The molecule has 3 aromatic rings. The zero-order valence-electron chi connectivity index (χ0n) is 17.9. The van der Waals surface area contributed by atoms with E-state index in [-0.39, 0.29) is 27.9 Å². The van der Waals surface area contributed by atoms with Crippen LogP contribution in [0.25, 0.3) is 5.69 Å². The van der Waals surface area contributed by atoms with Crippen molar-refractivity contribution in [3.05, 3.63) is 58.4 Å². The van der Waals surface area contributed by atoms with Crippen molar-refractivity contribution >= 4 is 23.2 Å². The third-order valence-electron chi connectivity index (χ3n) is 5.56. The molecule has 1 amide bonds. The predicted molar refractivity (Wildman–Crippen MR) is 115 cm³/mol. The minimum absolute atomic E-state index is 0.142. The number of carbonyl (C=O) groups excluding carboxylic acids is 1. The van der Waals surface area contributed by atoms with Gasteiger partial charge in [0.15, 0.2) is 0 Å². The third kappa shape index (κ3) is 3.63. The van der Waals surface area contributed by atoms with Gasteiger partial charge in [0.1, 0.15) is 24.2 Å². The summed E-state index contributed by atoms with van der Waals surface area (Å²) in [5.74, 6) is -0.469. The fourth-order valence-corrected chi connectivity index (χ4v) is 4.27. The van der Waals surface area contributed by atoms with Crippen LogP contribution in [0.5, 0.6) is 0 Å². The largest absolute Gasteiger partial charge is 0.307 e. The van der Waals surface area contributed by atoms with Crippen molar-refractivity contribution < 1.29 is 13.6 Å². The number of carbonyl (C=O) groups is 1. The lowest BCUT2D eigenvalue weighted by atomic mass is 9.90. The molecule has 1 saturated heterocycles. The molecule has 0 spiro atoms. The molecule has 1 aliphatic rings. The van der Waals surface area contributed by atoms with Crippen LogP contribution in [0, 0.1) is 12.7 Å². The predicted octanol–water partition coefficient (Wildman–Crippen LogP) is 4.91. The van der Waals surface area contributed by atoms with E-state index in [2.05, 4.69) is 10.2 Å². The van der Waals surface area contributed by atoms with Gasteiger partial charge >= 0.3 is 0 Å². The first-order chi connectivity index (χ1) is 14.6. The smallest absolute Gasteiger partial charge is 0.252 e. The van der Waals surface area contributed by atoms with E-state index in [9.17, 15) is 13.6 Å². The fraction of sp³-hybridized carbons (Fsp3) is 0.409. The molecule has 0 radical (unpaired) electrons. The number of hydrogen-bond acceptors (Lipinski definition) is 3. The molecule has 1 unspecified atom stereocenters. The lowest BCUT2D eigenvalue weighted by molar-refractivity contribution is -0.120. The molecule has 3 heterocycles. The number of benzene rings is 1. The van der Waals surface area contributed by atoms with E-state index in [0.717, 1.165) is 5.69 Å². The topological polar surface area (TPSA) is 56.0 Å². The standard InChI is InChI=1S/C22H24ClF2N5O/c1-13-19(23)16(11-24)27-29(13)17-9-10-28(21(17)31)18-12-26-30(20(18)22(2,3)4)15-7-5-14(25)6-8-15/h5-8,12,17H,9-11H2,1-4H3. The second kappa shape index (κ2) is 7.75. The Bertz CT molecular complexity index is 1130. The Hall–Kier alpha value is -2.74. The van der Waals surface area contributed by atoms with Crippen molar-refractivity contribution in [3.63, 3.8) is 0 Å². The van der Waals surface area contributed by atoms with Crippen LogP contribution in [-0.4, -0.2) is 32.0 Å². The number of aromatic nitrogens is 4. The minimum Gasteiger partial charge on any atom is -0.307 e. The number of amides is 1. The van der Waals surface area contributed by atoms with Crippen LogP contribution in [-0.2, 0) is 16.9 Å². The maximum Gasteiger partial charge on any atom is 0.252 e. The highest BCUT2D eigenvalue weighted by Gasteiger charge is 2.39. The number of halogens is 3. The molecule has 0 aliphatic carbocycles. The van der Waals surface area contributed by atoms with Crippen LogP contribution in [0.1, 0.15) is 50.3 Å². The molecule has 4 rings (SSSR count). The zero-order chi connectivity index (χ0) is 22.5. The quantitative estimate of drug-likeness (QED) is 0.570. The Morgan fingerprint density at radius 3 is 2.48 bits per heavy atom. The average molecular weight is 448 g/mol. The molecule has 1 aliphatic heterocycles. The van der Waals surface area contributed by atoms with Crippen molar-refractivity contribution in [2.75, 3.05) is 11.4 Å². The van der Waals surface area contributed by atoms with Gasteiger partial charge in [0.25, 0.3) is 5.91 Å². The van der Waals surface area contributed by atoms with Gasteiger partial charge in [0.05, 0.1) is 34.0 Å². The lowest BCUT2D eigenvalue weighted by Crippen LogP contribution is -2.31. The lowest BCUT2D eigenvalue weighted by Gasteiger charge is -2.26. The van der Waals surface area contributed by atoms with Gasteiger partial charge in [-0.05, 0) is 37.6 Å². The van der Waals surface area contributed by atoms with Gasteiger partial charge in [-0.15, -0.1) is 0 Å². The van der Waals surface area contributed by atoms with Crippen LogP contribution in [0.3, 0.4) is 0 Å². The van der Waals surface area contributed by atoms with E-state index in [1.165, 1.54) is 16.8 Å². The van der Waals surface area contributed by atoms with Crippen molar-refractivity contribution in [2.45, 2.75) is 52.2 Å². The summed E-state index contributed by atoms with van der Waals surface area (Å²) in [5, 5.41) is 9.00. The van der Waals surface area contributed by atoms with Crippen LogP contribution >= 0.6 is 11.6 Å². The summed E-state index contributed by atoms with van der Waals surface area (Å²) in [5.41, 5.74) is 2.63. The summed E-state index contributed by atoms with van der Waals surface area (Å²) in [4.78, 5) is 15.1. The van der Waals surface area contributed by atoms with Gasteiger partial charge in [-0.3, -0.25) is 9.48 Å². The van der Waals surface area contributed by atoms with Crippen molar-refractivity contribution in [3.8, 4) is 5.69 Å². The molecule has 0 bridgehead atoms. The van der Waals surface area contributed by atoms with Gasteiger partial charge < -0.3 is 4.90 Å². The molecule has 1 atom stereocenters. The first-order valence-corrected chi connectivity index (χ1v) is 10.5. The van der Waals surface area contributed by atoms with Gasteiger partial charge in [0, 0.05) is 12.0 Å². The summed E-state index contributed by atoms with van der Waals surface area (Å²) in [6.45, 7) is 7.54. The SMILES string of the molecule is Cc1c(Cl)c(CF)nn1C1CCN(c2cnn(-c3ccc(F)cc3)c2C(C)(C)C)C1=O. The average Bonchev–Trinajstić information content (AvgIpc) is 3.39. The summed E-state index contributed by atoms with van der Waals surface area (Å²) < 4.78 is 29.9. The number of hydrogen-bond donors (Lipinski definition) is 0. The van der Waals surface area contributed by atoms with Gasteiger partial charge in [-0.1, -0.05) is 32.4 Å². The number of nitrogens with zero attached hydrogens (tertiary/aromatic N) is 5. The summed E-state index contributed by atoms with van der Waals surface area (Å²) in [6, 6.07) is 5.52. The molecule has 6 nitrogen and oxygen atoms in total. The van der Waals surface area contributed by atoms with E-state index in [1.54, 1.807) is 34.8 Å². The monoisotopic (exact) mass is 447 g/mol. The van der Waals surface area contributed by atoms with Crippen LogP contribution in [0.15, 0.2) is 30.5 Å². The highest BCUT2D eigenvalue weighted by Crippen LogP contribution is 2.38. The van der Waals surface area contributed by atoms with E-state index in [1.807, 2.05) is 20.8 Å². The van der Waals surface area contributed by atoms with Crippen molar-refractivity contribution in [2.24, 2.45) is 0 Å². The number of alkyl halides is 1. The molecular weight excluding hydrogens is 424 g/mol. The molecule has 9 heteroatoms. The molecule has 1 aromatic carbocycles. The molecule has 1 fully saturated rings. The van der Waals surface area contributed by atoms with E-state index in [4.69, 9.17) is 11.6 Å². The Morgan fingerprint density at radius 1 is 1.23 bits per heavy atom. The number of rotatable bonds is 4. The summed E-state index contributed by atoms with van der Waals surface area (Å²) >= 11 is 6.17. The van der Waals surface area contributed by atoms with E-state index >= 15 is 0 Å². The van der Waals surface area contributed by atoms with Crippen molar-refractivity contribution in [1.29, 1.82) is 0 Å². The molecule has 2 aromatic heterocycles. The minimum atomic E-state index is -0.782. The summed E-state index contributed by atoms with van der Waals surface area (Å²) in [7, 11) is 0. The number of anilines is 1.